The van der Waals surface area contributed by atoms with Gasteiger partial charge in [-0.25, -0.2) is 0 Å². The summed E-state index contributed by atoms with van der Waals surface area (Å²) in [7, 11) is 0. The maximum Gasteiger partial charge on any atom is 0.325 e. The summed E-state index contributed by atoms with van der Waals surface area (Å²) in [5, 5.41) is 7.17. The normalized spacial score (nSPS) is 15.8. The van der Waals surface area contributed by atoms with Crippen molar-refractivity contribution >= 4 is 11.8 Å². The van der Waals surface area contributed by atoms with Crippen LogP contribution in [0.15, 0.2) is 41.1 Å². The van der Waals surface area contributed by atoms with Gasteiger partial charge < -0.3 is 14.5 Å². The molecule has 1 aliphatic rings. The minimum Gasteiger partial charge on any atom is -0.416 e. The summed E-state index contributed by atoms with van der Waals surface area (Å²) >= 11 is 0. The molecule has 7 heteroatoms. The van der Waals surface area contributed by atoms with Crippen molar-refractivity contribution in [3.05, 3.63) is 42.4 Å². The molecule has 0 aliphatic carbocycles. The van der Waals surface area contributed by atoms with Crippen LogP contribution in [-0.2, 0) is 4.74 Å². The molecule has 1 saturated heterocycles. The maximum absolute atomic E-state index is 12.7. The molecule has 23 heavy (non-hydrogen) atoms. The van der Waals surface area contributed by atoms with Crippen LogP contribution in [0.4, 0.5) is 0 Å². The van der Waals surface area contributed by atoms with Gasteiger partial charge in [-0.1, -0.05) is 30.3 Å². The molecule has 0 bridgehead atoms. The van der Waals surface area contributed by atoms with Gasteiger partial charge in [0.2, 0.25) is 5.76 Å². The molecule has 3 heterocycles. The second kappa shape index (κ2) is 5.85. The zero-order valence-electron chi connectivity index (χ0n) is 12.4. The third-order valence-electron chi connectivity index (χ3n) is 3.95. The van der Waals surface area contributed by atoms with Crippen molar-refractivity contribution in [1.82, 2.24) is 19.9 Å². The van der Waals surface area contributed by atoms with E-state index in [-0.39, 0.29) is 17.7 Å². The molecule has 2 aromatic heterocycles. The molecule has 7 nitrogen and oxygen atoms in total. The molecule has 0 atom stereocenters. The van der Waals surface area contributed by atoms with Crippen molar-refractivity contribution in [1.29, 1.82) is 0 Å². The number of oxazole rings is 1. The minimum absolute atomic E-state index is 0.102. The number of aromatic nitrogens is 3. The number of carbonyl (C=O) groups is 1. The number of benzene rings is 1. The fraction of sp³-hybridized carbons (Fsp3) is 0.312. The molecule has 0 radical (unpaired) electrons. The van der Waals surface area contributed by atoms with Crippen LogP contribution < -0.4 is 5.32 Å². The van der Waals surface area contributed by atoms with Crippen LogP contribution in [0.1, 0.15) is 23.4 Å². The number of hydrogen-bond acceptors (Lipinski definition) is 5. The molecule has 1 N–H and O–H groups in total. The van der Waals surface area contributed by atoms with Gasteiger partial charge in [0.05, 0.1) is 0 Å². The first kappa shape index (κ1) is 14.0. The van der Waals surface area contributed by atoms with Crippen molar-refractivity contribution in [3.63, 3.8) is 0 Å². The average molecular weight is 312 g/mol. The summed E-state index contributed by atoms with van der Waals surface area (Å²) in [6.45, 7) is 1.33. The average Bonchev–Trinajstić information content (AvgIpc) is 3.17. The summed E-state index contributed by atoms with van der Waals surface area (Å²) in [5.41, 5.74) is 1.47. The molecule has 1 amide bonds. The molecule has 118 valence electrons. The Kier molecular flexibility index (Phi) is 3.55. The minimum atomic E-state index is -0.247. The Morgan fingerprint density at radius 2 is 2.00 bits per heavy atom. The highest BCUT2D eigenvalue weighted by Crippen LogP contribution is 2.26. The monoisotopic (exact) mass is 312 g/mol. The second-order valence-corrected chi connectivity index (χ2v) is 5.46. The van der Waals surface area contributed by atoms with E-state index in [2.05, 4.69) is 15.4 Å². The van der Waals surface area contributed by atoms with Gasteiger partial charge in [0, 0.05) is 24.8 Å². The lowest BCUT2D eigenvalue weighted by Gasteiger charge is -2.22. The van der Waals surface area contributed by atoms with Crippen molar-refractivity contribution in [3.8, 4) is 11.3 Å². The summed E-state index contributed by atoms with van der Waals surface area (Å²) < 4.78 is 12.5. The second-order valence-electron chi connectivity index (χ2n) is 5.46. The van der Waals surface area contributed by atoms with Gasteiger partial charge >= 0.3 is 5.84 Å². The first-order valence-corrected chi connectivity index (χ1v) is 7.59. The Morgan fingerprint density at radius 1 is 1.22 bits per heavy atom. The number of carbonyl (C=O) groups excluding carboxylic acids is 1. The van der Waals surface area contributed by atoms with Gasteiger partial charge in [0.25, 0.3) is 5.91 Å². The lowest BCUT2D eigenvalue weighted by Crippen LogP contribution is -2.39. The SMILES string of the molecule is O=C(NC1CCOCC1)c1oc2ncnn2c1-c1ccccc1. The predicted molar refractivity (Wildman–Crippen MR) is 82.0 cm³/mol. The largest absolute Gasteiger partial charge is 0.416 e. The number of nitrogens with zero attached hydrogens (tertiary/aromatic N) is 3. The van der Waals surface area contributed by atoms with Crippen molar-refractivity contribution in [2.45, 2.75) is 18.9 Å². The molecule has 0 spiro atoms. The van der Waals surface area contributed by atoms with E-state index in [1.54, 1.807) is 4.52 Å². The summed E-state index contributed by atoms with van der Waals surface area (Å²) in [6.07, 6.45) is 3.02. The van der Waals surface area contributed by atoms with E-state index < -0.39 is 0 Å². The van der Waals surface area contributed by atoms with Crippen LogP contribution >= 0.6 is 0 Å². The Morgan fingerprint density at radius 3 is 2.78 bits per heavy atom. The molecule has 1 aliphatic heterocycles. The first-order chi connectivity index (χ1) is 11.3. The van der Waals surface area contributed by atoms with Crippen molar-refractivity contribution in [2.75, 3.05) is 13.2 Å². The summed E-state index contributed by atoms with van der Waals surface area (Å²) in [5.74, 6) is 0.294. The summed E-state index contributed by atoms with van der Waals surface area (Å²) in [6, 6.07) is 9.67. The predicted octanol–water partition coefficient (Wildman–Crippen LogP) is 1.90. The molecular formula is C16H16N4O3. The van der Waals surface area contributed by atoms with Crippen LogP contribution in [-0.4, -0.2) is 39.8 Å². The van der Waals surface area contributed by atoms with Gasteiger partial charge in [-0.3, -0.25) is 4.79 Å². The van der Waals surface area contributed by atoms with Crippen LogP contribution in [0.3, 0.4) is 0 Å². The van der Waals surface area contributed by atoms with E-state index in [1.807, 2.05) is 30.3 Å². The van der Waals surface area contributed by atoms with E-state index in [0.29, 0.717) is 24.8 Å². The lowest BCUT2D eigenvalue weighted by molar-refractivity contribution is 0.0685. The van der Waals surface area contributed by atoms with Crippen LogP contribution in [0.2, 0.25) is 0 Å². The quantitative estimate of drug-likeness (QED) is 0.799. The van der Waals surface area contributed by atoms with Crippen LogP contribution in [0.25, 0.3) is 17.1 Å². The fourth-order valence-corrected chi connectivity index (χ4v) is 2.79. The number of fused-ring (bicyclic) bond motifs is 1. The highest BCUT2D eigenvalue weighted by atomic mass is 16.5. The third-order valence-corrected chi connectivity index (χ3v) is 3.95. The van der Waals surface area contributed by atoms with Crippen LogP contribution in [0, 0.1) is 0 Å². The highest BCUT2D eigenvalue weighted by molar-refractivity contribution is 5.98. The Bertz CT molecular complexity index is 818. The van der Waals surface area contributed by atoms with E-state index in [0.717, 1.165) is 18.4 Å². The standard InChI is InChI=1S/C16H16N4O3/c21-15(19-12-6-8-22-9-7-12)14-13(11-4-2-1-3-5-11)20-16(23-14)17-10-18-20/h1-5,10,12H,6-9H2,(H,19,21). The zero-order valence-corrected chi connectivity index (χ0v) is 12.4. The van der Waals surface area contributed by atoms with E-state index in [9.17, 15) is 4.79 Å². The van der Waals surface area contributed by atoms with Crippen molar-refractivity contribution in [2.24, 2.45) is 0 Å². The Labute approximate surface area is 132 Å². The van der Waals surface area contributed by atoms with Gasteiger partial charge in [0.1, 0.15) is 12.0 Å². The van der Waals surface area contributed by atoms with E-state index >= 15 is 0 Å². The fourth-order valence-electron chi connectivity index (χ4n) is 2.79. The number of hydrogen-bond donors (Lipinski definition) is 1. The molecule has 1 fully saturated rings. The zero-order chi connectivity index (χ0) is 15.6. The summed E-state index contributed by atoms with van der Waals surface area (Å²) in [4.78, 5) is 16.7. The van der Waals surface area contributed by atoms with Gasteiger partial charge in [-0.15, -0.1) is 0 Å². The highest BCUT2D eigenvalue weighted by Gasteiger charge is 2.26. The van der Waals surface area contributed by atoms with Gasteiger partial charge in [-0.2, -0.15) is 14.6 Å². The lowest BCUT2D eigenvalue weighted by atomic mass is 10.1. The third kappa shape index (κ3) is 2.59. The smallest absolute Gasteiger partial charge is 0.325 e. The molecule has 0 unspecified atom stereocenters. The first-order valence-electron chi connectivity index (χ1n) is 7.59. The Hall–Kier alpha value is -2.67. The molecular weight excluding hydrogens is 296 g/mol. The number of nitrogens with one attached hydrogen (secondary N) is 1. The number of ether oxygens (including phenoxy) is 1. The molecule has 0 saturated carbocycles. The van der Waals surface area contributed by atoms with Crippen LogP contribution in [0.5, 0.6) is 0 Å². The number of amides is 1. The van der Waals surface area contributed by atoms with E-state index in [1.165, 1.54) is 6.33 Å². The van der Waals surface area contributed by atoms with E-state index in [4.69, 9.17) is 9.15 Å². The van der Waals surface area contributed by atoms with Crippen molar-refractivity contribution < 1.29 is 13.9 Å². The molecule has 4 rings (SSSR count). The Balaban J connectivity index is 1.71. The van der Waals surface area contributed by atoms with Gasteiger partial charge in [-0.05, 0) is 12.8 Å². The number of rotatable bonds is 3. The molecule has 3 aromatic rings. The van der Waals surface area contributed by atoms with Gasteiger partial charge in [0.15, 0.2) is 0 Å². The maximum atomic E-state index is 12.7. The molecule has 1 aromatic carbocycles. The topological polar surface area (TPSA) is 81.7 Å².